The van der Waals surface area contributed by atoms with E-state index in [1.54, 1.807) is 19.1 Å². The van der Waals surface area contributed by atoms with Crippen molar-refractivity contribution in [3.05, 3.63) is 0 Å². The Morgan fingerprint density at radius 1 is 1.41 bits per heavy atom. The fourth-order valence-corrected chi connectivity index (χ4v) is 2.65. The van der Waals surface area contributed by atoms with Gasteiger partial charge >= 0.3 is 0 Å². The minimum atomic E-state index is -0.596. The molecule has 1 aliphatic rings. The van der Waals surface area contributed by atoms with Gasteiger partial charge in [0.05, 0.1) is 12.7 Å². The van der Waals surface area contributed by atoms with Gasteiger partial charge in [-0.2, -0.15) is 0 Å². The first-order valence-electron chi connectivity index (χ1n) is 6.42. The fraction of sp³-hybridized carbons (Fsp3) is 0.923. The molecule has 0 heterocycles. The molecule has 0 aliphatic heterocycles. The monoisotopic (exact) mass is 243 g/mol. The summed E-state index contributed by atoms with van der Waals surface area (Å²) >= 11 is 0. The van der Waals surface area contributed by atoms with Crippen LogP contribution in [0.3, 0.4) is 0 Å². The number of amides is 1. The first kappa shape index (κ1) is 14.5. The molecule has 4 nitrogen and oxygen atoms in total. The SMILES string of the molecule is COCC(O)CN(C)C(=O)C1(C)CCCCC1. The van der Waals surface area contributed by atoms with Crippen molar-refractivity contribution in [1.82, 2.24) is 4.90 Å². The highest BCUT2D eigenvalue weighted by atomic mass is 16.5. The Labute approximate surface area is 104 Å². The van der Waals surface area contributed by atoms with Gasteiger partial charge in [0.2, 0.25) is 5.91 Å². The Kier molecular flexibility index (Phi) is 5.40. The minimum absolute atomic E-state index is 0.160. The number of carbonyl (C=O) groups is 1. The van der Waals surface area contributed by atoms with Crippen LogP contribution in [0.2, 0.25) is 0 Å². The summed E-state index contributed by atoms with van der Waals surface area (Å²) in [6.07, 6.45) is 4.85. The molecule has 0 aromatic heterocycles. The van der Waals surface area contributed by atoms with Crippen molar-refractivity contribution >= 4 is 5.91 Å². The van der Waals surface area contributed by atoms with Crippen LogP contribution in [0.15, 0.2) is 0 Å². The van der Waals surface area contributed by atoms with Crippen LogP contribution in [0, 0.1) is 5.41 Å². The van der Waals surface area contributed by atoms with Crippen LogP contribution in [-0.2, 0) is 9.53 Å². The van der Waals surface area contributed by atoms with E-state index in [9.17, 15) is 9.90 Å². The highest BCUT2D eigenvalue weighted by molar-refractivity contribution is 5.82. The molecular weight excluding hydrogens is 218 g/mol. The van der Waals surface area contributed by atoms with Crippen molar-refractivity contribution in [2.75, 3.05) is 27.3 Å². The first-order chi connectivity index (χ1) is 7.99. The van der Waals surface area contributed by atoms with E-state index in [0.29, 0.717) is 6.54 Å². The maximum Gasteiger partial charge on any atom is 0.228 e. The van der Waals surface area contributed by atoms with Gasteiger partial charge in [-0.3, -0.25) is 4.79 Å². The third-order valence-corrected chi connectivity index (χ3v) is 3.66. The fourth-order valence-electron chi connectivity index (χ4n) is 2.65. The molecule has 1 fully saturated rings. The number of rotatable bonds is 5. The van der Waals surface area contributed by atoms with E-state index in [1.807, 2.05) is 6.92 Å². The second kappa shape index (κ2) is 6.36. The van der Waals surface area contributed by atoms with Crippen LogP contribution < -0.4 is 0 Å². The summed E-state index contributed by atoms with van der Waals surface area (Å²) < 4.78 is 4.87. The summed E-state index contributed by atoms with van der Waals surface area (Å²) in [5.41, 5.74) is -0.222. The second-order valence-corrected chi connectivity index (χ2v) is 5.42. The van der Waals surface area contributed by atoms with Crippen LogP contribution in [0.25, 0.3) is 0 Å². The van der Waals surface area contributed by atoms with Crippen molar-refractivity contribution in [2.45, 2.75) is 45.1 Å². The molecule has 1 aliphatic carbocycles. The third kappa shape index (κ3) is 3.96. The number of aliphatic hydroxyl groups is 1. The number of aliphatic hydroxyl groups excluding tert-OH is 1. The summed E-state index contributed by atoms with van der Waals surface area (Å²) in [6, 6.07) is 0. The average molecular weight is 243 g/mol. The van der Waals surface area contributed by atoms with E-state index in [-0.39, 0.29) is 17.9 Å². The summed E-state index contributed by atoms with van der Waals surface area (Å²) in [5, 5.41) is 9.63. The molecule has 1 rings (SSSR count). The molecule has 0 aromatic rings. The number of methoxy groups -OCH3 is 1. The smallest absolute Gasteiger partial charge is 0.228 e. The number of hydrogen-bond acceptors (Lipinski definition) is 3. The van der Waals surface area contributed by atoms with Crippen molar-refractivity contribution in [2.24, 2.45) is 5.41 Å². The molecule has 1 amide bonds. The molecular formula is C13H25NO3. The van der Waals surface area contributed by atoms with Gasteiger partial charge in [-0.1, -0.05) is 26.2 Å². The zero-order chi connectivity index (χ0) is 12.9. The lowest BCUT2D eigenvalue weighted by atomic mass is 9.74. The molecule has 100 valence electrons. The molecule has 0 saturated heterocycles. The van der Waals surface area contributed by atoms with Gasteiger partial charge in [0.15, 0.2) is 0 Å². The number of likely N-dealkylation sites (N-methyl/N-ethyl adjacent to an activating group) is 1. The van der Waals surface area contributed by atoms with E-state index in [0.717, 1.165) is 25.7 Å². The topological polar surface area (TPSA) is 49.8 Å². The van der Waals surface area contributed by atoms with Gasteiger partial charge in [0, 0.05) is 26.1 Å². The zero-order valence-electron chi connectivity index (χ0n) is 11.2. The Bertz CT molecular complexity index is 249. The summed E-state index contributed by atoms with van der Waals surface area (Å²) in [7, 11) is 3.31. The molecule has 0 spiro atoms. The quantitative estimate of drug-likeness (QED) is 0.794. The van der Waals surface area contributed by atoms with E-state index in [2.05, 4.69) is 0 Å². The highest BCUT2D eigenvalue weighted by Crippen LogP contribution is 2.37. The standard InChI is InChI=1S/C13H25NO3/c1-13(7-5-4-6-8-13)12(16)14(2)9-11(15)10-17-3/h11,15H,4-10H2,1-3H3. The number of hydrogen-bond donors (Lipinski definition) is 1. The van der Waals surface area contributed by atoms with E-state index in [4.69, 9.17) is 4.74 Å². The Hall–Kier alpha value is -0.610. The van der Waals surface area contributed by atoms with Crippen LogP contribution in [-0.4, -0.2) is 49.3 Å². The van der Waals surface area contributed by atoms with Crippen molar-refractivity contribution in [3.63, 3.8) is 0 Å². The Morgan fingerprint density at radius 2 is 2.00 bits per heavy atom. The third-order valence-electron chi connectivity index (χ3n) is 3.66. The summed E-state index contributed by atoms with van der Waals surface area (Å²) in [6.45, 7) is 2.67. The normalized spacial score (nSPS) is 20.9. The summed E-state index contributed by atoms with van der Waals surface area (Å²) in [4.78, 5) is 14.0. The van der Waals surface area contributed by atoms with E-state index < -0.39 is 6.10 Å². The lowest BCUT2D eigenvalue weighted by molar-refractivity contribution is -0.143. The number of carbonyl (C=O) groups excluding carboxylic acids is 1. The molecule has 17 heavy (non-hydrogen) atoms. The number of nitrogens with zero attached hydrogens (tertiary/aromatic N) is 1. The van der Waals surface area contributed by atoms with E-state index in [1.165, 1.54) is 6.42 Å². The molecule has 0 aromatic carbocycles. The number of ether oxygens (including phenoxy) is 1. The molecule has 1 N–H and O–H groups in total. The predicted octanol–water partition coefficient (Wildman–Crippen LogP) is 1.42. The average Bonchev–Trinajstić information content (AvgIpc) is 2.29. The minimum Gasteiger partial charge on any atom is -0.389 e. The summed E-state index contributed by atoms with van der Waals surface area (Å²) in [5.74, 6) is 0.160. The molecule has 1 saturated carbocycles. The van der Waals surface area contributed by atoms with Gasteiger partial charge in [0.1, 0.15) is 0 Å². The Morgan fingerprint density at radius 3 is 2.53 bits per heavy atom. The lowest BCUT2D eigenvalue weighted by Gasteiger charge is -2.36. The maximum absolute atomic E-state index is 12.3. The second-order valence-electron chi connectivity index (χ2n) is 5.42. The van der Waals surface area contributed by atoms with Crippen LogP contribution in [0.5, 0.6) is 0 Å². The van der Waals surface area contributed by atoms with Gasteiger partial charge in [0.25, 0.3) is 0 Å². The van der Waals surface area contributed by atoms with Crippen molar-refractivity contribution in [3.8, 4) is 0 Å². The maximum atomic E-state index is 12.3. The highest BCUT2D eigenvalue weighted by Gasteiger charge is 2.36. The predicted molar refractivity (Wildman–Crippen MR) is 66.7 cm³/mol. The first-order valence-corrected chi connectivity index (χ1v) is 6.42. The molecule has 1 atom stereocenters. The van der Waals surface area contributed by atoms with Gasteiger partial charge < -0.3 is 14.7 Å². The molecule has 0 bridgehead atoms. The molecule has 1 unspecified atom stereocenters. The van der Waals surface area contributed by atoms with Crippen molar-refractivity contribution in [1.29, 1.82) is 0 Å². The van der Waals surface area contributed by atoms with Crippen LogP contribution >= 0.6 is 0 Å². The Balaban J connectivity index is 2.50. The largest absolute Gasteiger partial charge is 0.389 e. The lowest BCUT2D eigenvalue weighted by Crippen LogP contribution is -2.45. The zero-order valence-corrected chi connectivity index (χ0v) is 11.2. The van der Waals surface area contributed by atoms with Gasteiger partial charge in [-0.15, -0.1) is 0 Å². The van der Waals surface area contributed by atoms with Gasteiger partial charge in [-0.05, 0) is 12.8 Å². The molecule has 0 radical (unpaired) electrons. The molecule has 4 heteroatoms. The van der Waals surface area contributed by atoms with E-state index >= 15 is 0 Å². The van der Waals surface area contributed by atoms with Crippen molar-refractivity contribution < 1.29 is 14.6 Å². The van der Waals surface area contributed by atoms with Gasteiger partial charge in [-0.25, -0.2) is 0 Å². The van der Waals surface area contributed by atoms with Crippen LogP contribution in [0.1, 0.15) is 39.0 Å². The van der Waals surface area contributed by atoms with Crippen LogP contribution in [0.4, 0.5) is 0 Å².